The number of ether oxygens (including phenoxy) is 2. The molecule has 6 nitrogen and oxygen atoms in total. The van der Waals surface area contributed by atoms with Crippen LogP contribution < -0.4 is 9.47 Å². The predicted molar refractivity (Wildman–Crippen MR) is 93.2 cm³/mol. The largest absolute Gasteiger partial charge is 0.497 e. The second-order valence-electron chi connectivity index (χ2n) is 7.19. The molecule has 1 saturated heterocycles. The Morgan fingerprint density at radius 1 is 1.28 bits per heavy atom. The van der Waals surface area contributed by atoms with Gasteiger partial charge in [-0.2, -0.15) is 4.98 Å². The lowest BCUT2D eigenvalue weighted by Gasteiger charge is -2.28. The fraction of sp³-hybridized carbons (Fsp3) is 0.579. The van der Waals surface area contributed by atoms with Crippen molar-refractivity contribution >= 4 is 0 Å². The first-order chi connectivity index (χ1) is 12.2. The van der Waals surface area contributed by atoms with Crippen LogP contribution in [-0.4, -0.2) is 48.9 Å². The molecule has 0 radical (unpaired) electrons. The highest BCUT2D eigenvalue weighted by atomic mass is 16.5. The van der Waals surface area contributed by atoms with Crippen molar-refractivity contribution in [3.63, 3.8) is 0 Å². The number of methoxy groups -OCH3 is 1. The molecule has 1 aromatic carbocycles. The Hall–Kier alpha value is -2.08. The van der Waals surface area contributed by atoms with Gasteiger partial charge in [-0.15, -0.1) is 0 Å². The summed E-state index contributed by atoms with van der Waals surface area (Å²) < 4.78 is 16.7. The quantitative estimate of drug-likeness (QED) is 0.851. The summed E-state index contributed by atoms with van der Waals surface area (Å²) in [6.45, 7) is 2.89. The fourth-order valence-electron chi connectivity index (χ4n) is 3.70. The van der Waals surface area contributed by atoms with Crippen molar-refractivity contribution < 1.29 is 14.0 Å². The Labute approximate surface area is 148 Å². The van der Waals surface area contributed by atoms with Gasteiger partial charge in [0.05, 0.1) is 13.0 Å². The lowest BCUT2D eigenvalue weighted by molar-refractivity contribution is 0.215. The van der Waals surface area contributed by atoms with Crippen LogP contribution in [0.3, 0.4) is 0 Å². The van der Waals surface area contributed by atoms with Crippen LogP contribution in [-0.2, 0) is 12.8 Å². The van der Waals surface area contributed by atoms with Gasteiger partial charge in [0.25, 0.3) is 0 Å². The highest BCUT2D eigenvalue weighted by molar-refractivity contribution is 5.42. The number of aromatic nitrogens is 2. The van der Waals surface area contributed by atoms with E-state index in [0.29, 0.717) is 18.4 Å². The van der Waals surface area contributed by atoms with Gasteiger partial charge < -0.3 is 18.9 Å². The molecule has 0 bridgehead atoms. The van der Waals surface area contributed by atoms with Crippen molar-refractivity contribution in [2.75, 3.05) is 33.9 Å². The Morgan fingerprint density at radius 2 is 2.12 bits per heavy atom. The molecular weight excluding hydrogens is 318 g/mol. The fourth-order valence-corrected chi connectivity index (χ4v) is 3.70. The summed E-state index contributed by atoms with van der Waals surface area (Å²) in [6, 6.07) is 5.91. The molecule has 1 aromatic heterocycles. The number of hydrogen-bond acceptors (Lipinski definition) is 6. The number of piperidine rings is 1. The van der Waals surface area contributed by atoms with Gasteiger partial charge in [0.1, 0.15) is 18.1 Å². The number of fused-ring (bicyclic) bond motifs is 1. The number of nitrogens with zero attached hydrogens (tertiary/aromatic N) is 3. The maximum absolute atomic E-state index is 5.87. The monoisotopic (exact) mass is 343 g/mol. The van der Waals surface area contributed by atoms with Gasteiger partial charge in [-0.3, -0.25) is 0 Å². The molecule has 2 aliphatic heterocycles. The minimum atomic E-state index is 0.110. The van der Waals surface area contributed by atoms with Crippen molar-refractivity contribution in [3.05, 3.63) is 35.5 Å². The molecule has 0 N–H and O–H groups in total. The van der Waals surface area contributed by atoms with Gasteiger partial charge in [-0.1, -0.05) is 5.16 Å². The Balaban J connectivity index is 1.42. The zero-order valence-corrected chi connectivity index (χ0v) is 14.9. The second kappa shape index (κ2) is 7.04. The minimum absolute atomic E-state index is 0.110. The highest BCUT2D eigenvalue weighted by Gasteiger charge is 2.27. The second-order valence-corrected chi connectivity index (χ2v) is 7.19. The van der Waals surface area contributed by atoms with Crippen LogP contribution in [0.1, 0.15) is 36.0 Å². The van der Waals surface area contributed by atoms with Gasteiger partial charge in [0, 0.05) is 6.42 Å². The van der Waals surface area contributed by atoms with Gasteiger partial charge in [0.15, 0.2) is 5.82 Å². The molecule has 6 heteroatoms. The third kappa shape index (κ3) is 3.63. The summed E-state index contributed by atoms with van der Waals surface area (Å²) in [7, 11) is 3.86. The Kier molecular flexibility index (Phi) is 4.61. The predicted octanol–water partition coefficient (Wildman–Crippen LogP) is 2.68. The smallest absolute Gasteiger partial charge is 0.233 e. The lowest BCUT2D eigenvalue weighted by Crippen LogP contribution is -2.31. The normalized spacial score (nSPS) is 21.6. The Bertz CT molecular complexity index is 722. The van der Waals surface area contributed by atoms with Crippen LogP contribution in [0.25, 0.3) is 0 Å². The summed E-state index contributed by atoms with van der Waals surface area (Å²) in [6.07, 6.45) is 4.16. The summed E-state index contributed by atoms with van der Waals surface area (Å²) in [5, 5.41) is 4.21. The standard InChI is InChI=1S/C19H25N3O3/c1-22-7-5-13(6-8-22)9-18-20-19(25-21-18)15-10-14-11-16(23-2)3-4-17(14)24-12-15/h3-4,11,13,15H,5-10,12H2,1-2H3/t15-/m0/s1. The van der Waals surface area contributed by atoms with E-state index in [1.54, 1.807) is 7.11 Å². The van der Waals surface area contributed by atoms with E-state index in [2.05, 4.69) is 22.1 Å². The van der Waals surface area contributed by atoms with Gasteiger partial charge >= 0.3 is 0 Å². The molecule has 3 heterocycles. The first-order valence-electron chi connectivity index (χ1n) is 9.02. The minimum Gasteiger partial charge on any atom is -0.497 e. The third-order valence-corrected chi connectivity index (χ3v) is 5.32. The van der Waals surface area contributed by atoms with Gasteiger partial charge in [-0.05, 0) is 69.1 Å². The van der Waals surface area contributed by atoms with Crippen molar-refractivity contribution in [1.29, 1.82) is 0 Å². The van der Waals surface area contributed by atoms with E-state index in [9.17, 15) is 0 Å². The molecule has 134 valence electrons. The van der Waals surface area contributed by atoms with E-state index in [1.807, 2.05) is 18.2 Å². The van der Waals surface area contributed by atoms with Crippen molar-refractivity contribution in [2.24, 2.45) is 5.92 Å². The van der Waals surface area contributed by atoms with E-state index in [-0.39, 0.29) is 5.92 Å². The number of rotatable bonds is 4. The number of likely N-dealkylation sites (tertiary alicyclic amines) is 1. The van der Waals surface area contributed by atoms with E-state index >= 15 is 0 Å². The van der Waals surface area contributed by atoms with Crippen LogP contribution in [0.4, 0.5) is 0 Å². The molecule has 1 fully saturated rings. The molecule has 1 atom stereocenters. The van der Waals surface area contributed by atoms with Crippen LogP contribution in [0.5, 0.6) is 11.5 Å². The van der Waals surface area contributed by atoms with E-state index in [4.69, 9.17) is 14.0 Å². The first-order valence-corrected chi connectivity index (χ1v) is 9.02. The number of benzene rings is 1. The molecule has 2 aliphatic rings. The molecule has 0 saturated carbocycles. The number of hydrogen-bond donors (Lipinski definition) is 0. The first kappa shape index (κ1) is 16.4. The summed E-state index contributed by atoms with van der Waals surface area (Å²) in [4.78, 5) is 7.04. The van der Waals surface area contributed by atoms with Crippen LogP contribution in [0.15, 0.2) is 22.7 Å². The summed E-state index contributed by atoms with van der Waals surface area (Å²) >= 11 is 0. The molecule has 0 unspecified atom stereocenters. The van der Waals surface area contributed by atoms with Crippen molar-refractivity contribution in [2.45, 2.75) is 31.6 Å². The maximum atomic E-state index is 5.87. The van der Waals surface area contributed by atoms with Crippen LogP contribution in [0, 0.1) is 5.92 Å². The molecule has 4 rings (SSSR count). The third-order valence-electron chi connectivity index (χ3n) is 5.32. The average molecular weight is 343 g/mol. The summed E-state index contributed by atoms with van der Waals surface area (Å²) in [5.74, 6) is 4.06. The van der Waals surface area contributed by atoms with Gasteiger partial charge in [-0.25, -0.2) is 0 Å². The molecule has 0 aliphatic carbocycles. The van der Waals surface area contributed by atoms with Crippen LogP contribution >= 0.6 is 0 Å². The molecular formula is C19H25N3O3. The van der Waals surface area contributed by atoms with Gasteiger partial charge in [0.2, 0.25) is 5.89 Å². The highest BCUT2D eigenvalue weighted by Crippen LogP contribution is 2.34. The zero-order valence-electron chi connectivity index (χ0n) is 14.9. The zero-order chi connectivity index (χ0) is 17.2. The average Bonchev–Trinajstić information content (AvgIpc) is 3.11. The van der Waals surface area contributed by atoms with E-state index in [0.717, 1.165) is 48.8 Å². The Morgan fingerprint density at radius 3 is 2.92 bits per heavy atom. The van der Waals surface area contributed by atoms with Crippen molar-refractivity contribution in [1.82, 2.24) is 15.0 Å². The topological polar surface area (TPSA) is 60.6 Å². The van der Waals surface area contributed by atoms with Crippen molar-refractivity contribution in [3.8, 4) is 11.5 Å². The summed E-state index contributed by atoms with van der Waals surface area (Å²) in [5.41, 5.74) is 1.13. The SMILES string of the molecule is COc1ccc2c(c1)C[C@H](c1nc(CC3CCN(C)CC3)no1)CO2. The molecule has 2 aromatic rings. The van der Waals surface area contributed by atoms with Crippen LogP contribution in [0.2, 0.25) is 0 Å². The lowest BCUT2D eigenvalue weighted by atomic mass is 9.93. The van der Waals surface area contributed by atoms with E-state index in [1.165, 1.54) is 12.8 Å². The van der Waals surface area contributed by atoms with E-state index < -0.39 is 0 Å². The molecule has 0 amide bonds. The molecule has 25 heavy (non-hydrogen) atoms. The molecule has 0 spiro atoms. The maximum Gasteiger partial charge on any atom is 0.233 e.